The zero-order valence-corrected chi connectivity index (χ0v) is 12.1. The molecule has 0 aliphatic rings. The fourth-order valence-electron chi connectivity index (χ4n) is 1.79. The van der Waals surface area contributed by atoms with E-state index in [0.717, 1.165) is 11.4 Å². The highest BCUT2D eigenvalue weighted by Gasteiger charge is 2.12. The number of anilines is 1. The van der Waals surface area contributed by atoms with Crippen LogP contribution in [-0.2, 0) is 16.4 Å². The van der Waals surface area contributed by atoms with Gasteiger partial charge in [0.1, 0.15) is 0 Å². The highest BCUT2D eigenvalue weighted by atomic mass is 32.2. The molecule has 1 aromatic carbocycles. The Morgan fingerprint density at radius 2 is 1.90 bits per heavy atom. The molecule has 0 saturated carbocycles. The molecule has 0 fully saturated rings. The summed E-state index contributed by atoms with van der Waals surface area (Å²) in [6, 6.07) is 10.5. The van der Waals surface area contributed by atoms with E-state index in [1.807, 2.05) is 19.1 Å². The lowest BCUT2D eigenvalue weighted by atomic mass is 10.3. The molecule has 1 N–H and O–H groups in total. The van der Waals surface area contributed by atoms with E-state index in [2.05, 4.69) is 15.5 Å². The first-order chi connectivity index (χ1) is 9.62. The largest absolute Gasteiger partial charge is 0.379 e. The quantitative estimate of drug-likeness (QED) is 0.884. The van der Waals surface area contributed by atoms with Gasteiger partial charge in [0.25, 0.3) is 0 Å². The number of rotatable bonds is 6. The first-order valence-corrected chi connectivity index (χ1v) is 8.10. The van der Waals surface area contributed by atoms with Crippen LogP contribution in [0.4, 0.5) is 5.69 Å². The third-order valence-corrected chi connectivity index (χ3v) is 4.72. The van der Waals surface area contributed by atoms with Gasteiger partial charge in [-0.3, -0.25) is 0 Å². The average molecular weight is 291 g/mol. The molecule has 0 aliphatic carbocycles. The number of hydrogen-bond acceptors (Lipinski definition) is 5. The zero-order chi connectivity index (χ0) is 14.4. The third kappa shape index (κ3) is 3.77. The maximum atomic E-state index is 11.9. The summed E-state index contributed by atoms with van der Waals surface area (Å²) in [6.45, 7) is 2.41. The Bertz CT molecular complexity index is 640. The number of hydrogen-bond donors (Lipinski definition) is 1. The van der Waals surface area contributed by atoms with Crippen LogP contribution < -0.4 is 5.32 Å². The second-order valence-corrected chi connectivity index (χ2v) is 6.52. The first kappa shape index (κ1) is 14.5. The van der Waals surface area contributed by atoms with Crippen molar-refractivity contribution in [2.75, 3.05) is 11.1 Å². The van der Waals surface area contributed by atoms with Crippen LogP contribution >= 0.6 is 0 Å². The summed E-state index contributed by atoms with van der Waals surface area (Å²) in [4.78, 5) is 0.365. The molecule has 0 bridgehead atoms. The van der Waals surface area contributed by atoms with Gasteiger partial charge in [-0.15, -0.1) is 0 Å². The number of nitrogens with one attached hydrogen (secondary N) is 1. The van der Waals surface area contributed by atoms with E-state index in [0.29, 0.717) is 17.9 Å². The van der Waals surface area contributed by atoms with Gasteiger partial charge < -0.3 is 5.32 Å². The number of benzene rings is 1. The minimum atomic E-state index is -3.14. The Labute approximate surface area is 119 Å². The average Bonchev–Trinajstić information content (AvgIpc) is 2.47. The number of aromatic nitrogens is 2. The molecular formula is C14H17N3O2S. The van der Waals surface area contributed by atoms with Crippen molar-refractivity contribution in [1.82, 2.24) is 10.2 Å². The van der Waals surface area contributed by atoms with Crippen molar-refractivity contribution in [3.05, 3.63) is 48.3 Å². The lowest BCUT2D eigenvalue weighted by Gasteiger charge is -2.07. The van der Waals surface area contributed by atoms with Gasteiger partial charge in [-0.05, 0) is 42.8 Å². The third-order valence-electron chi connectivity index (χ3n) is 2.79. The molecule has 5 nitrogen and oxygen atoms in total. The predicted octanol–water partition coefficient (Wildman–Crippen LogP) is 2.27. The van der Waals surface area contributed by atoms with Crippen LogP contribution in [0.2, 0.25) is 0 Å². The van der Waals surface area contributed by atoms with Crippen molar-refractivity contribution in [2.45, 2.75) is 24.8 Å². The highest BCUT2D eigenvalue weighted by Crippen LogP contribution is 2.16. The Morgan fingerprint density at radius 3 is 2.50 bits per heavy atom. The van der Waals surface area contributed by atoms with Gasteiger partial charge in [0.15, 0.2) is 9.84 Å². The normalized spacial score (nSPS) is 11.2. The van der Waals surface area contributed by atoms with Gasteiger partial charge in [0.05, 0.1) is 22.9 Å². The van der Waals surface area contributed by atoms with Crippen LogP contribution in [0.25, 0.3) is 0 Å². The van der Waals surface area contributed by atoms with Crippen molar-refractivity contribution in [3.63, 3.8) is 0 Å². The SMILES string of the molecule is CCCS(=O)(=O)c1ccc(NCc2cccnn2)cc1. The summed E-state index contributed by atoms with van der Waals surface area (Å²) in [7, 11) is -3.14. The standard InChI is InChI=1S/C14H17N3O2S/c1-2-10-20(18,19)14-7-5-12(6-8-14)15-11-13-4-3-9-16-17-13/h3-9,15H,2,10-11H2,1H3. The second kappa shape index (κ2) is 6.47. The van der Waals surface area contributed by atoms with E-state index in [1.165, 1.54) is 0 Å². The van der Waals surface area contributed by atoms with E-state index >= 15 is 0 Å². The minimum Gasteiger partial charge on any atom is -0.379 e. The van der Waals surface area contributed by atoms with Crippen LogP contribution in [0, 0.1) is 0 Å². The summed E-state index contributed by atoms with van der Waals surface area (Å²) in [5, 5.41) is 10.9. The van der Waals surface area contributed by atoms with Gasteiger partial charge in [-0.25, -0.2) is 8.42 Å². The molecule has 2 aromatic rings. The van der Waals surface area contributed by atoms with Crippen molar-refractivity contribution in [3.8, 4) is 0 Å². The van der Waals surface area contributed by atoms with Crippen LogP contribution in [0.5, 0.6) is 0 Å². The molecule has 0 saturated heterocycles. The molecule has 0 aliphatic heterocycles. The van der Waals surface area contributed by atoms with Crippen molar-refractivity contribution < 1.29 is 8.42 Å². The van der Waals surface area contributed by atoms with Gasteiger partial charge in [0, 0.05) is 11.9 Å². The van der Waals surface area contributed by atoms with Crippen molar-refractivity contribution >= 4 is 15.5 Å². The van der Waals surface area contributed by atoms with Crippen LogP contribution in [0.3, 0.4) is 0 Å². The monoisotopic (exact) mass is 291 g/mol. The maximum absolute atomic E-state index is 11.9. The van der Waals surface area contributed by atoms with Gasteiger partial charge in [-0.2, -0.15) is 10.2 Å². The van der Waals surface area contributed by atoms with Crippen molar-refractivity contribution in [1.29, 1.82) is 0 Å². The molecule has 1 aromatic heterocycles. The maximum Gasteiger partial charge on any atom is 0.178 e. The Morgan fingerprint density at radius 1 is 1.15 bits per heavy atom. The molecule has 0 spiro atoms. The summed E-state index contributed by atoms with van der Waals surface area (Å²) >= 11 is 0. The summed E-state index contributed by atoms with van der Waals surface area (Å²) in [5.74, 6) is 0.180. The fourth-order valence-corrected chi connectivity index (χ4v) is 3.11. The number of sulfone groups is 1. The minimum absolute atomic E-state index is 0.180. The number of nitrogens with zero attached hydrogens (tertiary/aromatic N) is 2. The Hall–Kier alpha value is -1.95. The van der Waals surface area contributed by atoms with Crippen LogP contribution in [0.15, 0.2) is 47.5 Å². The van der Waals surface area contributed by atoms with E-state index in [1.54, 1.807) is 30.5 Å². The summed E-state index contributed by atoms with van der Waals surface area (Å²) in [5.41, 5.74) is 1.68. The Kier molecular flexibility index (Phi) is 4.68. The molecule has 2 rings (SSSR count). The molecule has 20 heavy (non-hydrogen) atoms. The van der Waals surface area contributed by atoms with Crippen molar-refractivity contribution in [2.24, 2.45) is 0 Å². The molecule has 0 unspecified atom stereocenters. The van der Waals surface area contributed by atoms with Gasteiger partial charge in [-0.1, -0.05) is 6.92 Å². The molecule has 106 valence electrons. The molecule has 6 heteroatoms. The predicted molar refractivity (Wildman–Crippen MR) is 78.1 cm³/mol. The summed E-state index contributed by atoms with van der Waals surface area (Å²) < 4.78 is 23.8. The van der Waals surface area contributed by atoms with E-state index < -0.39 is 9.84 Å². The Balaban J connectivity index is 2.02. The fraction of sp³-hybridized carbons (Fsp3) is 0.286. The smallest absolute Gasteiger partial charge is 0.178 e. The van der Waals surface area contributed by atoms with Crippen LogP contribution in [-0.4, -0.2) is 24.4 Å². The van der Waals surface area contributed by atoms with Gasteiger partial charge >= 0.3 is 0 Å². The first-order valence-electron chi connectivity index (χ1n) is 6.45. The molecule has 1 heterocycles. The van der Waals surface area contributed by atoms with Crippen LogP contribution in [0.1, 0.15) is 19.0 Å². The highest BCUT2D eigenvalue weighted by molar-refractivity contribution is 7.91. The topological polar surface area (TPSA) is 72.0 Å². The van der Waals surface area contributed by atoms with Gasteiger partial charge in [0.2, 0.25) is 0 Å². The zero-order valence-electron chi connectivity index (χ0n) is 11.3. The summed E-state index contributed by atoms with van der Waals surface area (Å²) in [6.07, 6.45) is 2.24. The lowest BCUT2D eigenvalue weighted by Crippen LogP contribution is -2.06. The van der Waals surface area contributed by atoms with E-state index in [-0.39, 0.29) is 5.75 Å². The van der Waals surface area contributed by atoms with E-state index in [4.69, 9.17) is 0 Å². The molecule has 0 radical (unpaired) electrons. The molecular weight excluding hydrogens is 274 g/mol. The van der Waals surface area contributed by atoms with E-state index in [9.17, 15) is 8.42 Å². The second-order valence-electron chi connectivity index (χ2n) is 4.41. The molecule has 0 amide bonds. The molecule has 0 atom stereocenters. The lowest BCUT2D eigenvalue weighted by molar-refractivity contribution is 0.595.